The summed E-state index contributed by atoms with van der Waals surface area (Å²) in [5.74, 6) is -0.135. The van der Waals surface area contributed by atoms with Crippen LogP contribution in [0.3, 0.4) is 0 Å². The number of likely N-dealkylation sites (N-methyl/N-ethyl adjacent to an activating group) is 1. The molecule has 0 bridgehead atoms. The van der Waals surface area contributed by atoms with Gasteiger partial charge >= 0.3 is 0 Å². The molecule has 4 nitrogen and oxygen atoms in total. The number of hydrogen-bond acceptors (Lipinski definition) is 3. The first-order valence-electron chi connectivity index (χ1n) is 5.54. The molecule has 0 saturated carbocycles. The van der Waals surface area contributed by atoms with Crippen molar-refractivity contribution in [3.05, 3.63) is 28.2 Å². The first kappa shape index (κ1) is 14.7. The Balaban J connectivity index is 2.71. The lowest BCUT2D eigenvalue weighted by molar-refractivity contribution is -0.142. The number of carbonyl (C=O) groups is 2. The van der Waals surface area contributed by atoms with E-state index in [2.05, 4.69) is 15.9 Å². The summed E-state index contributed by atoms with van der Waals surface area (Å²) < 4.78 is 6.21. The zero-order valence-corrected chi connectivity index (χ0v) is 12.3. The van der Waals surface area contributed by atoms with E-state index in [-0.39, 0.29) is 0 Å². The number of nitrogens with zero attached hydrogens (tertiary/aromatic N) is 1. The van der Waals surface area contributed by atoms with Crippen LogP contribution < -0.4 is 4.74 Å². The van der Waals surface area contributed by atoms with Gasteiger partial charge in [0.25, 0.3) is 5.91 Å². The average molecular weight is 314 g/mol. The number of Topliss-reactive ketones (excluding diaryl/α,β-unsaturated/α-hetero) is 1. The van der Waals surface area contributed by atoms with Gasteiger partial charge in [-0.05, 0) is 30.2 Å². The minimum absolute atomic E-state index is 0.446. The first-order chi connectivity index (χ1) is 8.45. The Morgan fingerprint density at radius 1 is 1.39 bits per heavy atom. The number of ether oxygens (including phenoxy) is 1. The number of benzene rings is 1. The van der Waals surface area contributed by atoms with Gasteiger partial charge in [0.2, 0.25) is 5.78 Å². The van der Waals surface area contributed by atoms with Gasteiger partial charge in [0, 0.05) is 25.0 Å². The van der Waals surface area contributed by atoms with Gasteiger partial charge in [-0.2, -0.15) is 0 Å². The number of rotatable bonds is 5. The molecule has 18 heavy (non-hydrogen) atoms. The Bertz CT molecular complexity index is 460. The monoisotopic (exact) mass is 313 g/mol. The van der Waals surface area contributed by atoms with Gasteiger partial charge in [-0.15, -0.1) is 0 Å². The Morgan fingerprint density at radius 2 is 2.06 bits per heavy atom. The van der Waals surface area contributed by atoms with Crippen molar-refractivity contribution < 1.29 is 14.3 Å². The van der Waals surface area contributed by atoms with Crippen molar-refractivity contribution in [2.45, 2.75) is 13.3 Å². The maximum Gasteiger partial charge on any atom is 0.289 e. The fraction of sp³-hybridized carbons (Fsp3) is 0.385. The van der Waals surface area contributed by atoms with Crippen molar-refractivity contribution in [3.8, 4) is 5.75 Å². The highest BCUT2D eigenvalue weighted by Crippen LogP contribution is 2.23. The van der Waals surface area contributed by atoms with Gasteiger partial charge in [-0.25, -0.2) is 0 Å². The van der Waals surface area contributed by atoms with E-state index in [1.165, 1.54) is 11.8 Å². The molecular formula is C13H16BrNO3. The number of hydrogen-bond donors (Lipinski definition) is 0. The summed E-state index contributed by atoms with van der Waals surface area (Å²) in [5.41, 5.74) is 0.995. The lowest BCUT2D eigenvalue weighted by Gasteiger charge is -2.16. The molecule has 0 aromatic heterocycles. The third-order valence-electron chi connectivity index (χ3n) is 2.61. The third-order valence-corrected chi connectivity index (χ3v) is 3.10. The molecule has 0 spiro atoms. The molecule has 1 amide bonds. The molecule has 0 unspecified atom stereocenters. The number of methoxy groups -OCH3 is 1. The average Bonchev–Trinajstić information content (AvgIpc) is 2.35. The minimum Gasteiger partial charge on any atom is -0.496 e. The Kier molecular flexibility index (Phi) is 5.34. The molecule has 1 rings (SSSR count). The molecule has 0 N–H and O–H groups in total. The van der Waals surface area contributed by atoms with Crippen LogP contribution in [0.15, 0.2) is 22.7 Å². The molecule has 0 aliphatic rings. The fourth-order valence-electron chi connectivity index (χ4n) is 1.60. The molecule has 0 radical (unpaired) electrons. The summed E-state index contributed by atoms with van der Waals surface area (Å²) in [6, 6.07) is 5.71. The molecule has 5 heteroatoms. The summed E-state index contributed by atoms with van der Waals surface area (Å²) in [6.07, 6.45) is 0.637. The van der Waals surface area contributed by atoms with Gasteiger partial charge in [-0.3, -0.25) is 9.59 Å². The lowest BCUT2D eigenvalue weighted by Crippen LogP contribution is -2.33. The van der Waals surface area contributed by atoms with Crippen LogP contribution in [-0.2, 0) is 16.0 Å². The molecule has 1 aromatic carbocycles. The van der Waals surface area contributed by atoms with Crippen LogP contribution in [-0.4, -0.2) is 37.3 Å². The maximum atomic E-state index is 11.4. The normalized spacial score (nSPS) is 10.0. The topological polar surface area (TPSA) is 46.6 Å². The van der Waals surface area contributed by atoms with Crippen molar-refractivity contribution in [3.63, 3.8) is 0 Å². The van der Waals surface area contributed by atoms with Crippen LogP contribution in [0, 0.1) is 0 Å². The van der Waals surface area contributed by atoms with E-state index in [9.17, 15) is 9.59 Å². The summed E-state index contributed by atoms with van der Waals surface area (Å²) in [6.45, 7) is 1.75. The van der Waals surface area contributed by atoms with Gasteiger partial charge in [-0.1, -0.05) is 15.9 Å². The van der Waals surface area contributed by atoms with E-state index < -0.39 is 11.7 Å². The molecule has 0 aliphatic heterocycles. The van der Waals surface area contributed by atoms with Gasteiger partial charge in [0.1, 0.15) is 5.75 Å². The van der Waals surface area contributed by atoms with Crippen molar-refractivity contribution in [1.82, 2.24) is 4.90 Å². The van der Waals surface area contributed by atoms with E-state index in [4.69, 9.17) is 4.74 Å². The molecule has 0 aliphatic carbocycles. The Labute approximate surface area is 115 Å². The standard InChI is InChI=1S/C13H16BrNO3/c1-9(16)13(17)15(2)7-6-10-8-11(14)4-5-12(10)18-3/h4-5,8H,6-7H2,1-3H3. The molecular weight excluding hydrogens is 298 g/mol. The van der Waals surface area contributed by atoms with E-state index in [0.717, 1.165) is 15.8 Å². The summed E-state index contributed by atoms with van der Waals surface area (Å²) in [5, 5.41) is 0. The van der Waals surface area contributed by atoms with Gasteiger partial charge in [0.15, 0.2) is 0 Å². The van der Waals surface area contributed by atoms with Crippen LogP contribution in [0.1, 0.15) is 12.5 Å². The van der Waals surface area contributed by atoms with Crippen molar-refractivity contribution in [2.24, 2.45) is 0 Å². The Hall–Kier alpha value is -1.36. The van der Waals surface area contributed by atoms with Gasteiger partial charge in [0.05, 0.1) is 7.11 Å². The minimum atomic E-state index is -0.469. The molecule has 1 aromatic rings. The second-order valence-electron chi connectivity index (χ2n) is 3.99. The summed E-state index contributed by atoms with van der Waals surface area (Å²) >= 11 is 3.39. The highest BCUT2D eigenvalue weighted by Gasteiger charge is 2.14. The van der Waals surface area contributed by atoms with E-state index >= 15 is 0 Å². The van der Waals surface area contributed by atoms with E-state index in [1.807, 2.05) is 18.2 Å². The summed E-state index contributed by atoms with van der Waals surface area (Å²) in [7, 11) is 3.23. The van der Waals surface area contributed by atoms with Crippen molar-refractivity contribution >= 4 is 27.6 Å². The number of ketones is 1. The quantitative estimate of drug-likeness (QED) is 0.782. The van der Waals surface area contributed by atoms with Crippen LogP contribution in [0.5, 0.6) is 5.75 Å². The highest BCUT2D eigenvalue weighted by molar-refractivity contribution is 9.10. The number of carbonyl (C=O) groups excluding carboxylic acids is 2. The second kappa shape index (κ2) is 6.54. The molecule has 0 heterocycles. The first-order valence-corrected chi connectivity index (χ1v) is 6.33. The van der Waals surface area contributed by atoms with E-state index in [0.29, 0.717) is 13.0 Å². The highest BCUT2D eigenvalue weighted by atomic mass is 79.9. The predicted molar refractivity (Wildman–Crippen MR) is 72.7 cm³/mol. The lowest BCUT2D eigenvalue weighted by atomic mass is 10.1. The number of amides is 1. The van der Waals surface area contributed by atoms with Crippen LogP contribution in [0.2, 0.25) is 0 Å². The largest absolute Gasteiger partial charge is 0.496 e. The van der Waals surface area contributed by atoms with E-state index in [1.54, 1.807) is 14.2 Å². The molecule has 0 saturated heterocycles. The van der Waals surface area contributed by atoms with Crippen molar-refractivity contribution in [1.29, 1.82) is 0 Å². The van der Waals surface area contributed by atoms with Crippen LogP contribution in [0.25, 0.3) is 0 Å². The molecule has 98 valence electrons. The van der Waals surface area contributed by atoms with Crippen LogP contribution >= 0.6 is 15.9 Å². The fourth-order valence-corrected chi connectivity index (χ4v) is 2.01. The maximum absolute atomic E-state index is 11.4. The zero-order chi connectivity index (χ0) is 13.7. The smallest absolute Gasteiger partial charge is 0.289 e. The molecule has 0 atom stereocenters. The Morgan fingerprint density at radius 3 is 2.61 bits per heavy atom. The second-order valence-corrected chi connectivity index (χ2v) is 4.90. The van der Waals surface area contributed by atoms with Crippen LogP contribution in [0.4, 0.5) is 0 Å². The van der Waals surface area contributed by atoms with Gasteiger partial charge < -0.3 is 9.64 Å². The third kappa shape index (κ3) is 3.84. The zero-order valence-electron chi connectivity index (χ0n) is 10.7. The molecule has 0 fully saturated rings. The SMILES string of the molecule is COc1ccc(Br)cc1CCN(C)C(=O)C(C)=O. The predicted octanol–water partition coefficient (Wildman–Crippen LogP) is 2.05. The van der Waals surface area contributed by atoms with Crippen molar-refractivity contribution in [2.75, 3.05) is 20.7 Å². The number of halogens is 1. The summed E-state index contributed by atoms with van der Waals surface area (Å²) in [4.78, 5) is 23.8.